The Balaban J connectivity index is 1.78. The van der Waals surface area contributed by atoms with Gasteiger partial charge in [-0.25, -0.2) is 4.98 Å². The molecule has 2 aromatic heterocycles. The van der Waals surface area contributed by atoms with E-state index in [9.17, 15) is 9.59 Å². The first kappa shape index (κ1) is 19.6. The van der Waals surface area contributed by atoms with Crippen LogP contribution in [0.25, 0.3) is 10.2 Å². The number of methoxy groups -OCH3 is 1. The molecule has 0 aliphatic heterocycles. The van der Waals surface area contributed by atoms with Crippen molar-refractivity contribution in [2.24, 2.45) is 0 Å². The molecule has 0 saturated heterocycles. The first-order valence-corrected chi connectivity index (χ1v) is 10.3. The van der Waals surface area contributed by atoms with Gasteiger partial charge in [0.15, 0.2) is 5.16 Å². The van der Waals surface area contributed by atoms with Crippen LogP contribution in [0.5, 0.6) is 0 Å². The monoisotopic (exact) mass is 403 g/mol. The number of carbonyl (C=O) groups is 1. The third-order valence-corrected chi connectivity index (χ3v) is 6.13. The van der Waals surface area contributed by atoms with Gasteiger partial charge >= 0.3 is 0 Å². The molecule has 3 rings (SSSR count). The van der Waals surface area contributed by atoms with Crippen LogP contribution in [-0.2, 0) is 16.1 Å². The van der Waals surface area contributed by atoms with Gasteiger partial charge in [-0.1, -0.05) is 23.9 Å². The minimum absolute atomic E-state index is 0.0931. The van der Waals surface area contributed by atoms with Crippen LogP contribution >= 0.6 is 23.1 Å². The van der Waals surface area contributed by atoms with Crippen molar-refractivity contribution < 1.29 is 9.53 Å². The van der Waals surface area contributed by atoms with E-state index in [2.05, 4.69) is 10.3 Å². The van der Waals surface area contributed by atoms with Crippen molar-refractivity contribution >= 4 is 44.9 Å². The number of ether oxygens (including phenoxy) is 1. The van der Waals surface area contributed by atoms with Crippen molar-refractivity contribution in [1.82, 2.24) is 9.55 Å². The molecule has 0 spiro atoms. The van der Waals surface area contributed by atoms with E-state index in [-0.39, 0.29) is 17.2 Å². The molecule has 27 heavy (non-hydrogen) atoms. The maximum absolute atomic E-state index is 12.7. The Bertz CT molecular complexity index is 1030. The number of fused-ring (bicyclic) bond motifs is 1. The van der Waals surface area contributed by atoms with Gasteiger partial charge in [0.25, 0.3) is 5.56 Å². The molecule has 0 fully saturated rings. The molecule has 0 aliphatic carbocycles. The molecular weight excluding hydrogens is 382 g/mol. The van der Waals surface area contributed by atoms with Gasteiger partial charge in [-0.15, -0.1) is 11.3 Å². The van der Waals surface area contributed by atoms with Crippen LogP contribution in [0.1, 0.15) is 11.1 Å². The van der Waals surface area contributed by atoms with Crippen LogP contribution < -0.4 is 10.9 Å². The second-order valence-corrected chi connectivity index (χ2v) is 7.92. The molecule has 0 aliphatic rings. The van der Waals surface area contributed by atoms with E-state index in [0.717, 1.165) is 16.8 Å². The molecule has 0 radical (unpaired) electrons. The molecule has 3 aromatic rings. The number of benzene rings is 1. The van der Waals surface area contributed by atoms with Gasteiger partial charge in [0.2, 0.25) is 5.91 Å². The van der Waals surface area contributed by atoms with Gasteiger partial charge in [0.1, 0.15) is 4.70 Å². The van der Waals surface area contributed by atoms with Crippen molar-refractivity contribution in [1.29, 1.82) is 0 Å². The minimum Gasteiger partial charge on any atom is -0.383 e. The van der Waals surface area contributed by atoms with E-state index in [1.165, 1.54) is 23.1 Å². The van der Waals surface area contributed by atoms with Gasteiger partial charge in [-0.2, -0.15) is 0 Å². The van der Waals surface area contributed by atoms with E-state index in [0.29, 0.717) is 28.5 Å². The van der Waals surface area contributed by atoms with Gasteiger partial charge in [-0.05, 0) is 42.5 Å². The normalized spacial score (nSPS) is 11.1. The predicted octanol–water partition coefficient (Wildman–Crippen LogP) is 3.45. The number of carbonyl (C=O) groups excluding carboxylic acids is 1. The van der Waals surface area contributed by atoms with Gasteiger partial charge in [-0.3, -0.25) is 14.2 Å². The summed E-state index contributed by atoms with van der Waals surface area (Å²) in [6.07, 6.45) is 0. The molecule has 8 heteroatoms. The zero-order valence-electron chi connectivity index (χ0n) is 15.4. The molecule has 1 aromatic carbocycles. The van der Waals surface area contributed by atoms with E-state index >= 15 is 0 Å². The molecule has 142 valence electrons. The largest absolute Gasteiger partial charge is 0.383 e. The van der Waals surface area contributed by atoms with Crippen LogP contribution in [0.3, 0.4) is 0 Å². The number of hydrogen-bond acceptors (Lipinski definition) is 6. The lowest BCUT2D eigenvalue weighted by molar-refractivity contribution is -0.113. The molecule has 0 atom stereocenters. The Kier molecular flexibility index (Phi) is 6.30. The number of aromatic nitrogens is 2. The SMILES string of the molecule is COCCn1c(SCC(=O)Nc2cccc(C)c2C)nc2ccsc2c1=O. The van der Waals surface area contributed by atoms with Crippen LogP contribution in [0.2, 0.25) is 0 Å². The van der Waals surface area contributed by atoms with Crippen LogP contribution in [0, 0.1) is 13.8 Å². The highest BCUT2D eigenvalue weighted by Crippen LogP contribution is 2.22. The van der Waals surface area contributed by atoms with Crippen LogP contribution in [-0.4, -0.2) is 34.9 Å². The number of nitrogens with zero attached hydrogens (tertiary/aromatic N) is 2. The summed E-state index contributed by atoms with van der Waals surface area (Å²) < 4.78 is 7.31. The van der Waals surface area contributed by atoms with Crippen molar-refractivity contribution in [3.63, 3.8) is 0 Å². The second-order valence-electron chi connectivity index (χ2n) is 6.06. The zero-order chi connectivity index (χ0) is 19.4. The highest BCUT2D eigenvalue weighted by molar-refractivity contribution is 7.99. The van der Waals surface area contributed by atoms with Gasteiger partial charge < -0.3 is 10.1 Å². The van der Waals surface area contributed by atoms with Crippen LogP contribution in [0.15, 0.2) is 39.6 Å². The average Bonchev–Trinajstić information content (AvgIpc) is 3.12. The molecule has 2 heterocycles. The lowest BCUT2D eigenvalue weighted by atomic mass is 10.1. The van der Waals surface area contributed by atoms with Crippen molar-refractivity contribution in [2.45, 2.75) is 25.5 Å². The van der Waals surface area contributed by atoms with Gasteiger partial charge in [0, 0.05) is 12.8 Å². The minimum atomic E-state index is -0.133. The summed E-state index contributed by atoms with van der Waals surface area (Å²) >= 11 is 2.63. The summed E-state index contributed by atoms with van der Waals surface area (Å²) in [4.78, 5) is 29.7. The smallest absolute Gasteiger partial charge is 0.272 e. The highest BCUT2D eigenvalue weighted by Gasteiger charge is 2.14. The average molecular weight is 404 g/mol. The van der Waals surface area contributed by atoms with Crippen molar-refractivity contribution in [2.75, 3.05) is 24.8 Å². The lowest BCUT2D eigenvalue weighted by Crippen LogP contribution is -2.25. The van der Waals surface area contributed by atoms with Crippen molar-refractivity contribution in [3.05, 3.63) is 51.1 Å². The molecule has 0 unspecified atom stereocenters. The standard InChI is InChI=1S/C19H21N3O3S2/c1-12-5-4-6-14(13(12)2)20-16(23)11-27-19-21-15-7-10-26-17(15)18(24)22(19)8-9-25-3/h4-7,10H,8-9,11H2,1-3H3,(H,20,23). The number of aryl methyl sites for hydroxylation is 1. The Morgan fingerprint density at radius 1 is 1.33 bits per heavy atom. The topological polar surface area (TPSA) is 73.2 Å². The molecule has 6 nitrogen and oxygen atoms in total. The number of amides is 1. The van der Waals surface area contributed by atoms with Crippen molar-refractivity contribution in [3.8, 4) is 0 Å². The molecular formula is C19H21N3O3S2. The fourth-order valence-electron chi connectivity index (χ4n) is 2.62. The molecule has 0 bridgehead atoms. The fraction of sp³-hybridized carbons (Fsp3) is 0.316. The van der Waals surface area contributed by atoms with E-state index in [1.807, 2.05) is 43.5 Å². The zero-order valence-corrected chi connectivity index (χ0v) is 17.1. The number of nitrogens with one attached hydrogen (secondary N) is 1. The third-order valence-electron chi connectivity index (χ3n) is 4.26. The lowest BCUT2D eigenvalue weighted by Gasteiger charge is -2.12. The number of thioether (sulfide) groups is 1. The Labute approximate surface area is 165 Å². The summed E-state index contributed by atoms with van der Waals surface area (Å²) in [5.41, 5.74) is 3.54. The first-order valence-electron chi connectivity index (χ1n) is 8.47. The van der Waals surface area contributed by atoms with Crippen LogP contribution in [0.4, 0.5) is 5.69 Å². The Hall–Kier alpha value is -2.16. The number of thiophene rings is 1. The molecule has 0 saturated carbocycles. The van der Waals surface area contributed by atoms with E-state index < -0.39 is 0 Å². The third kappa shape index (κ3) is 4.40. The number of hydrogen-bond donors (Lipinski definition) is 1. The Morgan fingerprint density at radius 2 is 2.15 bits per heavy atom. The summed E-state index contributed by atoms with van der Waals surface area (Å²) in [7, 11) is 1.59. The fourth-order valence-corrected chi connectivity index (χ4v) is 4.22. The van der Waals surface area contributed by atoms with Gasteiger partial charge in [0.05, 0.1) is 24.4 Å². The second kappa shape index (κ2) is 8.69. The summed E-state index contributed by atoms with van der Waals surface area (Å²) in [5, 5.41) is 5.31. The van der Waals surface area contributed by atoms with E-state index in [1.54, 1.807) is 11.7 Å². The highest BCUT2D eigenvalue weighted by atomic mass is 32.2. The number of rotatable bonds is 7. The number of anilines is 1. The molecule has 1 N–H and O–H groups in total. The molecule has 1 amide bonds. The first-order chi connectivity index (χ1) is 13.0. The predicted molar refractivity (Wildman–Crippen MR) is 111 cm³/mol. The quantitative estimate of drug-likeness (QED) is 0.483. The maximum atomic E-state index is 12.7. The Morgan fingerprint density at radius 3 is 2.93 bits per heavy atom. The maximum Gasteiger partial charge on any atom is 0.272 e. The summed E-state index contributed by atoms with van der Waals surface area (Å²) in [6.45, 7) is 4.79. The summed E-state index contributed by atoms with van der Waals surface area (Å²) in [6, 6.07) is 7.63. The van der Waals surface area contributed by atoms with E-state index in [4.69, 9.17) is 4.74 Å². The summed E-state index contributed by atoms with van der Waals surface area (Å²) in [5.74, 6) is 0.0364.